The van der Waals surface area contributed by atoms with Crippen molar-refractivity contribution in [3.63, 3.8) is 0 Å². The number of thiocarbonyl (C=S) groups is 1. The standard InChI is InChI=1S/C8H5NO2.C6H10BN2O2.2C6H11NO.2C5H10.C4H7Br.CH3F.CHIS.K/c10-7-5-3-1-2-4-6(5)8(11)9-7;1-4-5(6(11)9-4)2-8-7-3-10;2*1-3-5-4(2)7-6(5)8;2*1-3-5-4-2;1-2-3-4-5;1-2;2-1-3;/h1-4H,(H,9,10,11);3-5,8H,2H2,1H3,(H,9,11);2*4-5H,3H2,1-2H3,(H,7,8);2*3,5H,4H2,1-2H3;2-3H,4H2,1H3;1H3;1H;/q;;;;;;;;;+1/p-1/b;;;;2*5-3+;3-2+;;;/t;3*4-,5-;;;;;;/m.111....../s1/i;;;;;;;1D;;. The van der Waals surface area contributed by atoms with Crippen LogP contribution in [0.4, 0.5) is 4.39 Å². The number of amides is 5. The van der Waals surface area contributed by atoms with Crippen molar-refractivity contribution in [1.29, 1.82) is 0 Å². The summed E-state index contributed by atoms with van der Waals surface area (Å²) in [6.07, 6.45) is 17.4. The summed E-state index contributed by atoms with van der Waals surface area (Å²) in [5, 5.41) is 15.2. The van der Waals surface area contributed by atoms with Crippen LogP contribution in [0.25, 0.3) is 5.32 Å². The maximum atomic E-state index is 10.9. The van der Waals surface area contributed by atoms with Gasteiger partial charge in [-0.3, -0.25) is 18.8 Å². The summed E-state index contributed by atoms with van der Waals surface area (Å²) in [6, 6.07) is 7.71. The molecule has 4 N–H and O–H groups in total. The number of rotatable bonds is 9. The molecule has 0 saturated carbocycles. The fourth-order valence-corrected chi connectivity index (χ4v) is 5.28. The fourth-order valence-electron chi connectivity index (χ4n) is 4.91. The van der Waals surface area contributed by atoms with Crippen LogP contribution in [0.5, 0.6) is 0 Å². The molecule has 3 fully saturated rings. The number of benzene rings is 1. The monoisotopic (exact) mass is 1050 g/mol. The number of β-lactam (4-membered cyclic amide) rings is 3. The van der Waals surface area contributed by atoms with Crippen molar-refractivity contribution in [3.05, 3.63) is 77.2 Å². The number of hydrogen-bond donors (Lipinski definition) is 4. The molecule has 5 rings (SSSR count). The SMILES string of the molecule is C/C=C/CBr.C/C=C/CC.C/C=C/CC.CC[C@H]1C(=O)N[C@@H]1C.CC[C@H]1C(=O)N[C@@H]1C.C[C@H]1NC(=O)[C@@H]1CN[B]C=O.O=C1[N-]C(=O)c2ccccc21.S=CI.[2H]CF.[K+]. The summed E-state index contributed by atoms with van der Waals surface area (Å²) in [5.74, 6) is 0.275. The molecule has 5 amide bonds. The molecule has 4 aliphatic rings. The van der Waals surface area contributed by atoms with E-state index >= 15 is 0 Å². The van der Waals surface area contributed by atoms with Gasteiger partial charge in [-0.25, -0.2) is 0 Å². The Morgan fingerprint density at radius 2 is 1.14 bits per heavy atom. The summed E-state index contributed by atoms with van der Waals surface area (Å²) < 4.78 is 17.1. The molecule has 17 heteroatoms. The Kier molecular flexibility index (Phi) is 50.1. The first-order chi connectivity index (χ1) is 28.1. The Bertz CT molecular complexity index is 1350. The first kappa shape index (κ1) is 64.2. The van der Waals surface area contributed by atoms with E-state index in [0.29, 0.717) is 47.8 Å². The van der Waals surface area contributed by atoms with Crippen molar-refractivity contribution in [3.8, 4) is 0 Å². The molecule has 0 spiro atoms. The second kappa shape index (κ2) is 46.1. The van der Waals surface area contributed by atoms with Crippen LogP contribution in [-0.2, 0) is 19.2 Å². The Balaban J connectivity index is -0.000000195. The molecule has 59 heavy (non-hydrogen) atoms. The summed E-state index contributed by atoms with van der Waals surface area (Å²) in [4.78, 5) is 63.5. The minimum Gasteiger partial charge on any atom is -0.587 e. The van der Waals surface area contributed by atoms with E-state index < -0.39 is 19.0 Å². The van der Waals surface area contributed by atoms with Gasteiger partial charge in [0.25, 0.3) is 7.41 Å². The van der Waals surface area contributed by atoms with Gasteiger partial charge in [0.1, 0.15) is 0 Å². The number of nitrogens with one attached hydrogen (secondary N) is 4. The second-order valence-corrected chi connectivity index (χ2v) is 14.6. The zero-order valence-corrected chi connectivity index (χ0v) is 44.5. The van der Waals surface area contributed by atoms with Crippen LogP contribution in [0.15, 0.2) is 60.7 Å². The van der Waals surface area contributed by atoms with Crippen LogP contribution in [-0.4, -0.2) is 83.7 Å². The van der Waals surface area contributed by atoms with E-state index in [4.69, 9.17) is 1.37 Å². The Labute approximate surface area is 426 Å². The van der Waals surface area contributed by atoms with E-state index in [1.54, 1.807) is 27.6 Å². The third-order valence-electron chi connectivity index (χ3n) is 8.19. The number of carbonyl (C=O) groups is 6. The second-order valence-electron chi connectivity index (χ2n) is 12.3. The maximum Gasteiger partial charge on any atom is 1.00 e. The third-order valence-corrected chi connectivity index (χ3v) is 8.57. The predicted octanol–water partition coefficient (Wildman–Crippen LogP) is 5.81. The summed E-state index contributed by atoms with van der Waals surface area (Å²) in [6.45, 7) is 21.0. The summed E-state index contributed by atoms with van der Waals surface area (Å²) >= 11 is 9.46. The Hall–Kier alpha value is -1.45. The molecule has 0 unspecified atom stereocenters. The first-order valence-corrected chi connectivity index (χ1v) is 22.1. The average Bonchev–Trinajstić information content (AvgIpc) is 3.49. The van der Waals surface area contributed by atoms with Gasteiger partial charge in [0.05, 0.1) is 44.3 Å². The fraction of sp³-hybridized carbons (Fsp3) is 0.548. The van der Waals surface area contributed by atoms with Gasteiger partial charge in [0.2, 0.25) is 17.7 Å². The van der Waals surface area contributed by atoms with E-state index in [1.165, 1.54) is 7.41 Å². The van der Waals surface area contributed by atoms with Gasteiger partial charge in [-0.15, -0.1) is 0 Å². The van der Waals surface area contributed by atoms with Gasteiger partial charge in [0, 0.05) is 38.0 Å². The van der Waals surface area contributed by atoms with Crippen molar-refractivity contribution in [1.82, 2.24) is 21.2 Å². The minimum absolute atomic E-state index is 0. The summed E-state index contributed by atoms with van der Waals surface area (Å²) in [5.41, 5.74) is 0.829. The van der Waals surface area contributed by atoms with Crippen LogP contribution in [0.3, 0.4) is 0 Å². The van der Waals surface area contributed by atoms with Gasteiger partial charge in [-0.05, 0) is 96.4 Å². The number of fused-ring (bicyclic) bond motifs is 1. The van der Waals surface area contributed by atoms with Crippen molar-refractivity contribution in [2.24, 2.45) is 17.8 Å². The molecule has 1 aromatic rings. The van der Waals surface area contributed by atoms with Gasteiger partial charge in [0.15, 0.2) is 0 Å². The van der Waals surface area contributed by atoms with Gasteiger partial charge in [-0.1, -0.05) is 117 Å². The van der Waals surface area contributed by atoms with E-state index in [1.807, 2.05) is 90.1 Å². The Morgan fingerprint density at radius 1 is 0.797 bits per heavy atom. The smallest absolute Gasteiger partial charge is 0.587 e. The Morgan fingerprint density at radius 3 is 1.31 bits per heavy atom. The van der Waals surface area contributed by atoms with Gasteiger partial charge >= 0.3 is 51.4 Å². The number of imide groups is 1. The molecule has 6 atom stereocenters. The largest absolute Gasteiger partial charge is 1.00 e. The van der Waals surface area contributed by atoms with Crippen molar-refractivity contribution in [2.45, 2.75) is 113 Å². The number of nitrogens with zero attached hydrogens (tertiary/aromatic N) is 1. The van der Waals surface area contributed by atoms with Crippen LogP contribution >= 0.6 is 50.7 Å². The van der Waals surface area contributed by atoms with Crippen molar-refractivity contribution < 1.29 is 85.9 Å². The molecule has 1 radical (unpaired) electrons. The average molecular weight is 1050 g/mol. The molecule has 0 aliphatic carbocycles. The quantitative estimate of drug-likeness (QED) is 0.0230. The van der Waals surface area contributed by atoms with Crippen molar-refractivity contribution >= 4 is 97.2 Å². The number of carbonyl (C=O) groups excluding carboxylic acids is 6. The van der Waals surface area contributed by atoms with Gasteiger partial charge < -0.3 is 40.9 Å². The molecule has 0 aromatic heterocycles. The van der Waals surface area contributed by atoms with Crippen LogP contribution in [0, 0.1) is 17.8 Å². The van der Waals surface area contributed by atoms with E-state index in [-0.39, 0.29) is 81.1 Å². The van der Waals surface area contributed by atoms with E-state index in [0.717, 1.165) is 31.0 Å². The maximum absolute atomic E-state index is 10.9. The van der Waals surface area contributed by atoms with Crippen LogP contribution < -0.4 is 72.6 Å². The molecule has 4 aliphatic heterocycles. The topological polar surface area (TPSA) is 165 Å². The molecular formula is C42H67BBrFIKN5O6S. The molecular weight excluding hydrogens is 978 g/mol. The van der Waals surface area contributed by atoms with E-state index in [9.17, 15) is 33.2 Å². The van der Waals surface area contributed by atoms with Gasteiger partial charge in [-0.2, -0.15) is 0 Å². The number of allylic oxidation sites excluding steroid dienone is 6. The van der Waals surface area contributed by atoms with Crippen LogP contribution in [0.2, 0.25) is 0 Å². The molecule has 3 saturated heterocycles. The zero-order chi connectivity index (χ0) is 46.2. The molecule has 0 bridgehead atoms. The third kappa shape index (κ3) is 32.0. The molecule has 1 aromatic carbocycles. The van der Waals surface area contributed by atoms with Crippen LogP contribution in [0.1, 0.15) is 117 Å². The normalized spacial score (nSPS) is 20.9. The minimum atomic E-state index is -1.00. The van der Waals surface area contributed by atoms with E-state index in [2.05, 4.69) is 92.8 Å². The molecule has 4 heterocycles. The number of halogens is 3. The molecule has 327 valence electrons. The van der Waals surface area contributed by atoms with Crippen molar-refractivity contribution in [2.75, 3.05) is 19.0 Å². The summed E-state index contributed by atoms with van der Waals surface area (Å²) in [7, 11) is 0.304. The number of hydrogen-bond acceptors (Lipinski definition) is 8. The zero-order valence-electron chi connectivity index (χ0n) is 37.9. The first-order valence-electron chi connectivity index (χ1n) is 19.9. The number of alkyl halides is 2. The predicted molar refractivity (Wildman–Crippen MR) is 256 cm³/mol. The molecule has 11 nitrogen and oxygen atoms in total.